The fraction of sp³-hybridized carbons (Fsp3) is 0.902. The number of carboxylic acids is 1. The summed E-state index contributed by atoms with van der Waals surface area (Å²) >= 11 is 0. The summed E-state index contributed by atoms with van der Waals surface area (Å²) in [5.41, 5.74) is -1.60. The van der Waals surface area contributed by atoms with Crippen LogP contribution in [0.25, 0.3) is 0 Å². The van der Waals surface area contributed by atoms with Gasteiger partial charge in [0.1, 0.15) is 42.4 Å². The Hall–Kier alpha value is -1.60. The van der Waals surface area contributed by atoms with Crippen molar-refractivity contribution in [3.8, 4) is 0 Å². The first-order valence-corrected chi connectivity index (χ1v) is 20.3. The van der Waals surface area contributed by atoms with E-state index >= 15 is 0 Å². The van der Waals surface area contributed by atoms with Crippen molar-refractivity contribution in [3.63, 3.8) is 0 Å². The van der Waals surface area contributed by atoms with Crippen LogP contribution in [0.3, 0.4) is 0 Å². The number of fused-ring (bicyclic) bond motifs is 7. The summed E-state index contributed by atoms with van der Waals surface area (Å²) in [6, 6.07) is 0. The number of rotatable bonds is 6. The second-order valence-electron chi connectivity index (χ2n) is 20.3. The maximum absolute atomic E-state index is 13.6. The van der Waals surface area contributed by atoms with Crippen LogP contribution in [0, 0.1) is 44.8 Å². The van der Waals surface area contributed by atoms with Crippen molar-refractivity contribution < 1.29 is 74.1 Å². The van der Waals surface area contributed by atoms with E-state index in [2.05, 4.69) is 47.6 Å². The zero-order chi connectivity index (χ0) is 41.3. The van der Waals surface area contributed by atoms with Gasteiger partial charge in [0, 0.05) is 17.3 Å². The lowest BCUT2D eigenvalue weighted by atomic mass is 9.37. The molecule has 0 spiro atoms. The van der Waals surface area contributed by atoms with E-state index in [0.29, 0.717) is 32.3 Å². The number of carbonyl (C=O) groups is 2. The normalized spacial score (nSPS) is 55.5. The molecule has 15 heteroatoms. The number of hydrogen-bond acceptors (Lipinski definition) is 14. The molecule has 8 N–H and O–H groups in total. The Labute approximate surface area is 328 Å². The molecule has 3 heterocycles. The molecule has 15 nitrogen and oxygen atoms in total. The summed E-state index contributed by atoms with van der Waals surface area (Å²) in [7, 11) is 0. The third-order valence-corrected chi connectivity index (χ3v) is 16.5. The molecule has 19 atom stereocenters. The van der Waals surface area contributed by atoms with Crippen LogP contribution in [-0.2, 0) is 33.3 Å². The zero-order valence-electron chi connectivity index (χ0n) is 33.9. The van der Waals surface area contributed by atoms with E-state index in [9.17, 15) is 50.4 Å². The van der Waals surface area contributed by atoms with Crippen molar-refractivity contribution in [1.29, 1.82) is 0 Å². The quantitative estimate of drug-likeness (QED) is 0.140. The molecule has 0 radical (unpaired) electrons. The summed E-state index contributed by atoms with van der Waals surface area (Å²) < 4.78 is 30.7. The molecule has 3 aliphatic heterocycles. The predicted octanol–water partition coefficient (Wildman–Crippen LogP) is 1.40. The van der Waals surface area contributed by atoms with E-state index < -0.39 is 89.6 Å². The number of aliphatic carboxylic acids is 1. The smallest absolute Gasteiger partial charge is 0.335 e. The number of carbonyl (C=O) groups excluding carboxylic acids is 1. The molecule has 3 saturated carbocycles. The van der Waals surface area contributed by atoms with Gasteiger partial charge in [-0.3, -0.25) is 4.79 Å². The Kier molecular flexibility index (Phi) is 10.4. The summed E-state index contributed by atoms with van der Waals surface area (Å²) in [5, 5.41) is 84.7. The fourth-order valence-corrected chi connectivity index (χ4v) is 12.9. The maximum atomic E-state index is 13.6. The van der Waals surface area contributed by atoms with Crippen molar-refractivity contribution in [1.82, 2.24) is 0 Å². The number of hydrogen-bond donors (Lipinski definition) is 8. The molecule has 0 aromatic carbocycles. The molecule has 19 unspecified atom stereocenters. The highest BCUT2D eigenvalue weighted by Gasteiger charge is 2.71. The van der Waals surface area contributed by atoms with Gasteiger partial charge in [-0.1, -0.05) is 40.7 Å². The largest absolute Gasteiger partial charge is 0.479 e. The number of Topliss-reactive ketones (excluding diaryl/α,β-unsaturated/α-hetero) is 1. The lowest BCUT2D eigenvalue weighted by Crippen LogP contribution is -2.71. The zero-order valence-corrected chi connectivity index (χ0v) is 33.9. The van der Waals surface area contributed by atoms with Crippen molar-refractivity contribution in [3.05, 3.63) is 11.6 Å². The molecular weight excluding hydrogens is 732 g/mol. The average molecular weight is 797 g/mol. The Morgan fingerprint density at radius 1 is 0.875 bits per heavy atom. The Morgan fingerprint density at radius 3 is 2.20 bits per heavy atom. The van der Waals surface area contributed by atoms with Crippen LogP contribution in [0.15, 0.2) is 11.6 Å². The van der Waals surface area contributed by atoms with Gasteiger partial charge in [-0.15, -0.1) is 0 Å². The van der Waals surface area contributed by atoms with E-state index in [0.717, 1.165) is 19.3 Å². The molecule has 0 aromatic heterocycles. The summed E-state index contributed by atoms with van der Waals surface area (Å²) in [5.74, 6) is -3.34. The molecule has 56 heavy (non-hydrogen) atoms. The van der Waals surface area contributed by atoms with Crippen LogP contribution >= 0.6 is 0 Å². The Balaban J connectivity index is 1.20. The van der Waals surface area contributed by atoms with Crippen LogP contribution in [0.5, 0.6) is 0 Å². The minimum absolute atomic E-state index is 0.0827. The molecule has 3 saturated heterocycles. The number of ketones is 1. The fourth-order valence-electron chi connectivity index (χ4n) is 12.9. The first-order chi connectivity index (χ1) is 25.8. The number of allylic oxidation sites excluding steroid dienone is 1. The third-order valence-electron chi connectivity index (χ3n) is 16.5. The Morgan fingerprint density at radius 2 is 1.55 bits per heavy atom. The number of ether oxygens (including phenoxy) is 5. The van der Waals surface area contributed by atoms with Crippen LogP contribution in [0.1, 0.15) is 100 Å². The van der Waals surface area contributed by atoms with Gasteiger partial charge >= 0.3 is 5.97 Å². The molecule has 0 aromatic rings. The van der Waals surface area contributed by atoms with Crippen LogP contribution in [-0.4, -0.2) is 139 Å². The highest BCUT2D eigenvalue weighted by molar-refractivity contribution is 5.87. The van der Waals surface area contributed by atoms with E-state index in [1.165, 1.54) is 12.5 Å². The number of aliphatic hydroxyl groups excluding tert-OH is 7. The lowest BCUT2D eigenvalue weighted by Gasteiger charge is -2.71. The summed E-state index contributed by atoms with van der Waals surface area (Å²) in [4.78, 5) is 25.9. The predicted molar refractivity (Wildman–Crippen MR) is 195 cm³/mol. The van der Waals surface area contributed by atoms with Crippen molar-refractivity contribution >= 4 is 11.8 Å². The van der Waals surface area contributed by atoms with Gasteiger partial charge in [0.25, 0.3) is 0 Å². The van der Waals surface area contributed by atoms with Gasteiger partial charge in [-0.25, -0.2) is 4.79 Å². The topological polar surface area (TPSA) is 242 Å². The van der Waals surface area contributed by atoms with E-state index in [4.69, 9.17) is 23.7 Å². The van der Waals surface area contributed by atoms with Gasteiger partial charge in [0.05, 0.1) is 30.3 Å². The van der Waals surface area contributed by atoms with E-state index in [1.54, 1.807) is 0 Å². The second-order valence-corrected chi connectivity index (χ2v) is 20.3. The highest BCUT2D eigenvalue weighted by Crippen LogP contribution is 2.72. The van der Waals surface area contributed by atoms with Gasteiger partial charge in [0.15, 0.2) is 24.5 Å². The van der Waals surface area contributed by atoms with Crippen LogP contribution < -0.4 is 0 Å². The number of aliphatic hydroxyl groups is 7. The van der Waals surface area contributed by atoms with Gasteiger partial charge in [0.2, 0.25) is 0 Å². The standard InChI is InChI=1S/C41H64O15/c1-35(2)15-20-19-9-10-22-36(3)13-12-24(37(4,17-42)21(36)11-14-39(22,6)40(19,7)52-18-38(20,5)23(43)16-35)55-41(8)31(27(46)26(45)30(56-41)32(49)50)53-34-29(48)25(44)28(47)33(51)54-34/h9,20-22,24-31,33-34,42,44-48,51H,10-18H2,1-8H3,(H,49,50). The summed E-state index contributed by atoms with van der Waals surface area (Å²) in [6.45, 7) is 16.6. The first-order valence-electron chi connectivity index (χ1n) is 20.3. The minimum atomic E-state index is -2.14. The van der Waals surface area contributed by atoms with Crippen molar-refractivity contribution in [2.45, 2.75) is 173 Å². The monoisotopic (exact) mass is 796 g/mol. The molecule has 0 bridgehead atoms. The molecule has 4 aliphatic carbocycles. The third kappa shape index (κ3) is 5.96. The molecule has 0 amide bonds. The van der Waals surface area contributed by atoms with Crippen molar-refractivity contribution in [2.75, 3.05) is 13.2 Å². The molecule has 6 fully saturated rings. The van der Waals surface area contributed by atoms with Gasteiger partial charge < -0.3 is 64.5 Å². The second kappa shape index (κ2) is 13.7. The molecule has 7 rings (SSSR count). The lowest BCUT2D eigenvalue weighted by molar-refractivity contribution is -0.419. The van der Waals surface area contributed by atoms with Gasteiger partial charge in [-0.2, -0.15) is 0 Å². The summed E-state index contributed by atoms with van der Waals surface area (Å²) in [6.07, 6.45) is -10.9. The molecule has 318 valence electrons. The van der Waals surface area contributed by atoms with Crippen molar-refractivity contribution in [2.24, 2.45) is 44.8 Å². The SMILES string of the molecule is CC1(C)CC(=O)C2(C)COC3(C)C(=CCC4C5(C)CCC(OC6(C)OC(C(=O)O)C(O)C(O)C6OC6OC(O)C(O)C(O)C6O)C(C)(CO)C5CCC43C)C2C1. The molecule has 7 aliphatic rings. The maximum Gasteiger partial charge on any atom is 0.335 e. The van der Waals surface area contributed by atoms with E-state index in [-0.39, 0.29) is 46.4 Å². The number of carboxylic acid groups (broad SMARTS) is 1. The van der Waals surface area contributed by atoms with Crippen LogP contribution in [0.4, 0.5) is 0 Å². The average Bonchev–Trinajstić information content (AvgIpc) is 3.12. The van der Waals surface area contributed by atoms with Gasteiger partial charge in [-0.05, 0) is 93.5 Å². The molecular formula is C41H64O15. The highest BCUT2D eigenvalue weighted by atomic mass is 16.8. The Bertz CT molecular complexity index is 1600. The van der Waals surface area contributed by atoms with E-state index in [1.807, 2.05) is 6.92 Å². The van der Waals surface area contributed by atoms with Crippen LogP contribution in [0.2, 0.25) is 0 Å². The first kappa shape index (κ1) is 42.5. The minimum Gasteiger partial charge on any atom is -0.479 e.